The van der Waals surface area contributed by atoms with Crippen molar-refractivity contribution < 1.29 is 19.7 Å². The highest BCUT2D eigenvalue weighted by Crippen LogP contribution is 2.43. The molecule has 2 N–H and O–H groups in total. The number of rotatable bonds is 3. The first-order valence-electron chi connectivity index (χ1n) is 7.09. The molecule has 0 saturated carbocycles. The molecule has 0 aromatic carbocycles. The second kappa shape index (κ2) is 5.82. The van der Waals surface area contributed by atoms with E-state index in [1.807, 2.05) is 32.9 Å². The van der Waals surface area contributed by atoms with Crippen LogP contribution in [0.1, 0.15) is 27.2 Å². The van der Waals surface area contributed by atoms with E-state index in [-0.39, 0.29) is 12.5 Å². The summed E-state index contributed by atoms with van der Waals surface area (Å²) >= 11 is 0. The van der Waals surface area contributed by atoms with Gasteiger partial charge in [-0.3, -0.25) is 0 Å². The van der Waals surface area contributed by atoms with Gasteiger partial charge in [-0.2, -0.15) is 0 Å². The molecule has 0 aromatic heterocycles. The molecule has 0 bridgehead atoms. The second-order valence-electron chi connectivity index (χ2n) is 5.73. The molecule has 1 aliphatic heterocycles. The largest absolute Gasteiger partial charge is 0.392 e. The van der Waals surface area contributed by atoms with Crippen molar-refractivity contribution in [2.24, 2.45) is 5.92 Å². The molecular formula is C16H24O4. The van der Waals surface area contributed by atoms with Crippen LogP contribution in [0, 0.1) is 5.92 Å². The molecule has 1 aliphatic carbocycles. The Morgan fingerprint density at radius 3 is 2.65 bits per heavy atom. The molecule has 1 saturated heterocycles. The molecule has 4 heteroatoms. The van der Waals surface area contributed by atoms with Crippen LogP contribution in [-0.2, 0) is 9.47 Å². The fraction of sp³-hybridized carbons (Fsp3) is 0.625. The van der Waals surface area contributed by atoms with Crippen molar-refractivity contribution in [3.05, 3.63) is 35.5 Å². The summed E-state index contributed by atoms with van der Waals surface area (Å²) in [7, 11) is 0. The maximum absolute atomic E-state index is 10.9. The minimum atomic E-state index is -0.995. The van der Waals surface area contributed by atoms with Crippen molar-refractivity contribution >= 4 is 0 Å². The fourth-order valence-corrected chi connectivity index (χ4v) is 2.91. The molecule has 0 radical (unpaired) electrons. The number of aliphatic hydroxyl groups excluding tert-OH is 1. The van der Waals surface area contributed by atoms with Gasteiger partial charge in [-0.1, -0.05) is 24.6 Å². The van der Waals surface area contributed by atoms with Crippen molar-refractivity contribution in [3.63, 3.8) is 0 Å². The highest BCUT2D eigenvalue weighted by Gasteiger charge is 2.47. The molecule has 0 unspecified atom stereocenters. The molecule has 0 aromatic rings. The smallest absolute Gasteiger partial charge is 0.188 e. The first kappa shape index (κ1) is 15.4. The van der Waals surface area contributed by atoms with E-state index in [4.69, 9.17) is 14.6 Å². The summed E-state index contributed by atoms with van der Waals surface area (Å²) in [6, 6.07) is 0. The van der Waals surface area contributed by atoms with Gasteiger partial charge in [0.2, 0.25) is 0 Å². The molecule has 2 aliphatic rings. The lowest BCUT2D eigenvalue weighted by molar-refractivity contribution is -0.150. The highest BCUT2D eigenvalue weighted by atomic mass is 16.7. The standard InChI is InChI=1S/C16H24O4/c1-12(5-7-17)4-6-16(18)13(2)10-15(11-14(16)3)19-8-9-20-15/h4-6,10,14,17-18H,7-9,11H2,1-3H3/b6-4+,12-5-/t14-,16-/m1/s1. The van der Waals surface area contributed by atoms with Crippen molar-refractivity contribution in [1.29, 1.82) is 0 Å². The van der Waals surface area contributed by atoms with Crippen molar-refractivity contribution in [3.8, 4) is 0 Å². The topological polar surface area (TPSA) is 58.9 Å². The third kappa shape index (κ3) is 2.88. The zero-order valence-corrected chi connectivity index (χ0v) is 12.4. The quantitative estimate of drug-likeness (QED) is 0.613. The van der Waals surface area contributed by atoms with Gasteiger partial charge in [0, 0.05) is 6.42 Å². The van der Waals surface area contributed by atoms with Gasteiger partial charge in [-0.25, -0.2) is 0 Å². The van der Waals surface area contributed by atoms with Gasteiger partial charge < -0.3 is 19.7 Å². The molecule has 112 valence electrons. The van der Waals surface area contributed by atoms with Crippen LogP contribution in [0.25, 0.3) is 0 Å². The van der Waals surface area contributed by atoms with Crippen LogP contribution < -0.4 is 0 Å². The average molecular weight is 280 g/mol. The van der Waals surface area contributed by atoms with Crippen LogP contribution in [0.4, 0.5) is 0 Å². The summed E-state index contributed by atoms with van der Waals surface area (Å²) in [6.07, 6.45) is 7.88. The average Bonchev–Trinajstić information content (AvgIpc) is 2.82. The van der Waals surface area contributed by atoms with Gasteiger partial charge in [0.15, 0.2) is 5.79 Å². The van der Waals surface area contributed by atoms with E-state index >= 15 is 0 Å². The van der Waals surface area contributed by atoms with Crippen molar-refractivity contribution in [2.45, 2.75) is 38.6 Å². The zero-order chi connectivity index (χ0) is 14.8. The second-order valence-corrected chi connectivity index (χ2v) is 5.73. The van der Waals surface area contributed by atoms with Gasteiger partial charge in [0.25, 0.3) is 0 Å². The van der Waals surface area contributed by atoms with Crippen LogP contribution in [-0.4, -0.2) is 41.4 Å². The van der Waals surface area contributed by atoms with E-state index in [2.05, 4.69) is 0 Å². The fourth-order valence-electron chi connectivity index (χ4n) is 2.91. The van der Waals surface area contributed by atoms with E-state index in [0.717, 1.165) is 11.1 Å². The maximum atomic E-state index is 10.9. The molecular weight excluding hydrogens is 256 g/mol. The molecule has 2 rings (SSSR count). The summed E-state index contributed by atoms with van der Waals surface area (Å²) in [4.78, 5) is 0. The van der Waals surface area contributed by atoms with Crippen LogP contribution >= 0.6 is 0 Å². The highest BCUT2D eigenvalue weighted by molar-refractivity contribution is 5.33. The summed E-state index contributed by atoms with van der Waals surface area (Å²) in [6.45, 7) is 7.00. The Morgan fingerprint density at radius 1 is 1.45 bits per heavy atom. The van der Waals surface area contributed by atoms with Crippen LogP contribution in [0.5, 0.6) is 0 Å². The third-order valence-corrected chi connectivity index (χ3v) is 4.20. The Balaban J connectivity index is 2.25. The van der Waals surface area contributed by atoms with Gasteiger partial charge in [0.05, 0.1) is 19.8 Å². The molecule has 0 amide bonds. The number of hydrogen-bond acceptors (Lipinski definition) is 4. The van der Waals surface area contributed by atoms with Crippen LogP contribution in [0.2, 0.25) is 0 Å². The van der Waals surface area contributed by atoms with Gasteiger partial charge in [0.1, 0.15) is 5.60 Å². The van der Waals surface area contributed by atoms with Gasteiger partial charge in [-0.05, 0) is 37.5 Å². The predicted molar refractivity (Wildman–Crippen MR) is 77.1 cm³/mol. The molecule has 1 fully saturated rings. The molecule has 1 heterocycles. The lowest BCUT2D eigenvalue weighted by Gasteiger charge is -2.42. The minimum Gasteiger partial charge on any atom is -0.392 e. The van der Waals surface area contributed by atoms with E-state index in [0.29, 0.717) is 19.6 Å². The Kier molecular flexibility index (Phi) is 4.49. The van der Waals surface area contributed by atoms with Crippen LogP contribution in [0.3, 0.4) is 0 Å². The predicted octanol–water partition coefficient (Wildman–Crippen LogP) is 1.94. The van der Waals surface area contributed by atoms with Crippen molar-refractivity contribution in [2.75, 3.05) is 19.8 Å². The SMILES string of the molecule is CC1=CC2(C[C@@H](C)[C@@]1(O)/C=C/C(C)=C\CO)OCCO2. The number of allylic oxidation sites excluding steroid dienone is 2. The maximum Gasteiger partial charge on any atom is 0.188 e. The molecule has 20 heavy (non-hydrogen) atoms. The number of ether oxygens (including phenoxy) is 2. The summed E-state index contributed by atoms with van der Waals surface area (Å²) in [5, 5.41) is 19.8. The van der Waals surface area contributed by atoms with E-state index < -0.39 is 11.4 Å². The third-order valence-electron chi connectivity index (χ3n) is 4.20. The first-order chi connectivity index (χ1) is 9.42. The van der Waals surface area contributed by atoms with Crippen LogP contribution in [0.15, 0.2) is 35.5 Å². The van der Waals surface area contributed by atoms with Gasteiger partial charge in [-0.15, -0.1) is 0 Å². The number of aliphatic hydroxyl groups is 2. The molecule has 1 spiro atoms. The zero-order valence-electron chi connectivity index (χ0n) is 12.4. The van der Waals surface area contributed by atoms with E-state index in [1.165, 1.54) is 0 Å². The summed E-state index contributed by atoms with van der Waals surface area (Å²) < 4.78 is 11.4. The monoisotopic (exact) mass is 280 g/mol. The van der Waals surface area contributed by atoms with E-state index in [1.54, 1.807) is 12.2 Å². The van der Waals surface area contributed by atoms with Gasteiger partial charge >= 0.3 is 0 Å². The van der Waals surface area contributed by atoms with Crippen molar-refractivity contribution in [1.82, 2.24) is 0 Å². The Labute approximate surface area is 120 Å². The Morgan fingerprint density at radius 2 is 2.10 bits per heavy atom. The Bertz CT molecular complexity index is 443. The summed E-state index contributed by atoms with van der Waals surface area (Å²) in [5.41, 5.74) is 0.770. The lowest BCUT2D eigenvalue weighted by atomic mass is 9.73. The van der Waals surface area contributed by atoms with E-state index in [9.17, 15) is 5.11 Å². The first-order valence-corrected chi connectivity index (χ1v) is 7.09. The lowest BCUT2D eigenvalue weighted by Crippen LogP contribution is -2.46. The number of hydrogen-bond donors (Lipinski definition) is 2. The normalized spacial score (nSPS) is 34.0. The Hall–Kier alpha value is -0.940. The molecule has 4 nitrogen and oxygen atoms in total. The minimum absolute atomic E-state index is 0.00374. The molecule has 2 atom stereocenters. The summed E-state index contributed by atoms with van der Waals surface area (Å²) in [5.74, 6) is -0.664.